The second kappa shape index (κ2) is 9.37. The number of hydrogen-bond acceptors (Lipinski definition) is 5. The fraction of sp³-hybridized carbons (Fsp3) is 0.562. The molecule has 1 aliphatic heterocycles. The first-order chi connectivity index (χ1) is 12.3. The van der Waals surface area contributed by atoms with Crippen LogP contribution >= 0.6 is 0 Å². The van der Waals surface area contributed by atoms with Crippen molar-refractivity contribution in [1.82, 2.24) is 20.5 Å². The Hall–Kier alpha value is -2.36. The highest BCUT2D eigenvalue weighted by molar-refractivity contribution is 5.82. The lowest BCUT2D eigenvalue weighted by atomic mass is 10.0. The third kappa shape index (κ3) is 7.68. The summed E-state index contributed by atoms with van der Waals surface area (Å²) in [5, 5.41) is 4.75. The minimum absolute atomic E-state index is 0.0320. The highest BCUT2D eigenvalue weighted by Gasteiger charge is 2.29. The monoisotopic (exact) mass is 374 g/mol. The Morgan fingerprint density at radius 1 is 1.27 bits per heavy atom. The Kier molecular flexibility index (Phi) is 7.19. The molecule has 2 N–H and O–H groups in total. The van der Waals surface area contributed by atoms with Crippen molar-refractivity contribution < 1.29 is 27.5 Å². The van der Waals surface area contributed by atoms with Gasteiger partial charge < -0.3 is 15.4 Å². The second-order valence-electron chi connectivity index (χ2n) is 5.98. The van der Waals surface area contributed by atoms with E-state index in [1.54, 1.807) is 6.20 Å². The van der Waals surface area contributed by atoms with Crippen molar-refractivity contribution in [2.24, 2.45) is 0 Å². The number of carbonyl (C=O) groups is 2. The number of nitrogens with one attached hydrogen (secondary N) is 2. The molecule has 1 fully saturated rings. The maximum Gasteiger partial charge on any atom is 0.422 e. The smallest absolute Gasteiger partial charge is 0.422 e. The number of piperidine rings is 1. The van der Waals surface area contributed by atoms with Gasteiger partial charge in [-0.3, -0.25) is 14.7 Å². The van der Waals surface area contributed by atoms with Gasteiger partial charge in [0, 0.05) is 31.9 Å². The Bertz CT molecular complexity index is 590. The maximum atomic E-state index is 11.9. The predicted octanol–water partition coefficient (Wildman–Crippen LogP) is 1.45. The van der Waals surface area contributed by atoms with Crippen molar-refractivity contribution in [2.45, 2.75) is 31.6 Å². The molecule has 0 saturated carbocycles. The zero-order chi connectivity index (χ0) is 19.0. The number of aromatic nitrogens is 1. The van der Waals surface area contributed by atoms with Crippen LogP contribution in [-0.4, -0.2) is 60.3 Å². The van der Waals surface area contributed by atoms with Crippen molar-refractivity contribution in [3.05, 3.63) is 30.1 Å². The summed E-state index contributed by atoms with van der Waals surface area (Å²) >= 11 is 0. The molecule has 2 amide bonds. The van der Waals surface area contributed by atoms with Crippen molar-refractivity contribution in [2.75, 3.05) is 26.2 Å². The highest BCUT2D eigenvalue weighted by Crippen LogP contribution is 2.14. The number of likely N-dealkylation sites (tertiary alicyclic amines) is 1. The molecule has 10 heteroatoms. The molecule has 2 heterocycles. The first-order valence-corrected chi connectivity index (χ1v) is 8.21. The summed E-state index contributed by atoms with van der Waals surface area (Å²) in [6, 6.07) is 5.72. The lowest BCUT2D eigenvalue weighted by Gasteiger charge is -2.32. The number of hydrogen-bond donors (Lipinski definition) is 2. The van der Waals surface area contributed by atoms with Crippen LogP contribution in [0.1, 0.15) is 18.5 Å². The minimum Gasteiger partial charge on any atom is -0.440 e. The van der Waals surface area contributed by atoms with Gasteiger partial charge in [-0.15, -0.1) is 0 Å². The third-order valence-corrected chi connectivity index (χ3v) is 3.82. The van der Waals surface area contributed by atoms with Gasteiger partial charge in [0.2, 0.25) is 5.91 Å². The van der Waals surface area contributed by atoms with E-state index < -0.39 is 31.3 Å². The Balaban J connectivity index is 1.61. The normalized spacial score (nSPS) is 16.1. The van der Waals surface area contributed by atoms with E-state index in [1.165, 1.54) is 0 Å². The molecular formula is C16H21F3N4O3. The van der Waals surface area contributed by atoms with Gasteiger partial charge in [0.1, 0.15) is 6.54 Å². The summed E-state index contributed by atoms with van der Waals surface area (Å²) in [5.74, 6) is -0.461. The Morgan fingerprint density at radius 3 is 2.62 bits per heavy atom. The molecule has 1 aromatic heterocycles. The molecule has 0 unspecified atom stereocenters. The van der Waals surface area contributed by atoms with Crippen LogP contribution in [0.2, 0.25) is 0 Å². The first kappa shape index (κ1) is 20.0. The Morgan fingerprint density at radius 2 is 2.00 bits per heavy atom. The summed E-state index contributed by atoms with van der Waals surface area (Å²) in [6.07, 6.45) is -2.63. The number of carbonyl (C=O) groups excluding carboxylic acids is 2. The van der Waals surface area contributed by atoms with Gasteiger partial charge in [0.05, 0.1) is 5.69 Å². The molecule has 1 saturated heterocycles. The standard InChI is InChI=1S/C16H21F3N4O3/c17-16(18,19)11-26-15(25)21-9-14(24)22-12-4-7-23(8-5-12)10-13-3-1-2-6-20-13/h1-3,6,12H,4-5,7-11H2,(H,21,25)(H,22,24). The molecule has 1 aromatic rings. The number of rotatable bonds is 6. The van der Waals surface area contributed by atoms with E-state index in [9.17, 15) is 22.8 Å². The summed E-state index contributed by atoms with van der Waals surface area (Å²) in [7, 11) is 0. The lowest BCUT2D eigenvalue weighted by Crippen LogP contribution is -2.47. The number of nitrogens with zero attached hydrogens (tertiary/aromatic N) is 2. The third-order valence-electron chi connectivity index (χ3n) is 3.82. The fourth-order valence-corrected chi connectivity index (χ4v) is 2.59. The van der Waals surface area contributed by atoms with Crippen LogP contribution in [0, 0.1) is 0 Å². The molecule has 144 valence electrons. The SMILES string of the molecule is O=C(CNC(=O)OCC(F)(F)F)NC1CCN(Cc2ccccn2)CC1. The van der Waals surface area contributed by atoms with Gasteiger partial charge in [-0.25, -0.2) is 4.79 Å². The number of ether oxygens (including phenoxy) is 1. The van der Waals surface area contributed by atoms with Crippen LogP contribution in [0.4, 0.5) is 18.0 Å². The number of halogens is 3. The molecule has 0 atom stereocenters. The van der Waals surface area contributed by atoms with Gasteiger partial charge in [-0.05, 0) is 25.0 Å². The molecule has 7 nitrogen and oxygen atoms in total. The highest BCUT2D eigenvalue weighted by atomic mass is 19.4. The van der Waals surface area contributed by atoms with E-state index in [0.29, 0.717) is 0 Å². The van der Waals surface area contributed by atoms with Crippen molar-refractivity contribution >= 4 is 12.0 Å². The van der Waals surface area contributed by atoms with E-state index in [1.807, 2.05) is 23.5 Å². The molecule has 0 bridgehead atoms. The maximum absolute atomic E-state index is 11.9. The van der Waals surface area contributed by atoms with Gasteiger partial charge in [0.15, 0.2) is 6.61 Å². The van der Waals surface area contributed by atoms with Crippen LogP contribution in [0.15, 0.2) is 24.4 Å². The molecule has 2 rings (SSSR count). The van der Waals surface area contributed by atoms with Crippen LogP contribution in [-0.2, 0) is 16.1 Å². The van der Waals surface area contributed by atoms with E-state index in [0.717, 1.165) is 38.2 Å². The summed E-state index contributed by atoms with van der Waals surface area (Å²) in [4.78, 5) is 29.4. The zero-order valence-corrected chi connectivity index (χ0v) is 14.1. The number of pyridine rings is 1. The summed E-state index contributed by atoms with van der Waals surface area (Å²) in [5.41, 5.74) is 0.983. The Labute approximate surface area is 148 Å². The molecule has 0 aromatic carbocycles. The minimum atomic E-state index is -4.59. The van der Waals surface area contributed by atoms with E-state index in [-0.39, 0.29) is 6.04 Å². The van der Waals surface area contributed by atoms with Gasteiger partial charge in [-0.2, -0.15) is 13.2 Å². The van der Waals surface area contributed by atoms with Gasteiger partial charge >= 0.3 is 12.3 Å². The molecule has 1 aliphatic rings. The van der Waals surface area contributed by atoms with Crippen molar-refractivity contribution in [3.63, 3.8) is 0 Å². The van der Waals surface area contributed by atoms with Gasteiger partial charge in [0.25, 0.3) is 0 Å². The van der Waals surface area contributed by atoms with Gasteiger partial charge in [-0.1, -0.05) is 6.07 Å². The summed E-state index contributed by atoms with van der Waals surface area (Å²) in [6.45, 7) is 0.222. The van der Waals surface area contributed by atoms with Crippen LogP contribution in [0.3, 0.4) is 0 Å². The summed E-state index contributed by atoms with van der Waals surface area (Å²) < 4.78 is 39.7. The van der Waals surface area contributed by atoms with E-state index >= 15 is 0 Å². The molecule has 0 aliphatic carbocycles. The van der Waals surface area contributed by atoms with Crippen molar-refractivity contribution in [1.29, 1.82) is 0 Å². The lowest BCUT2D eigenvalue weighted by molar-refractivity contribution is -0.160. The number of alkyl carbamates (subject to hydrolysis) is 1. The molecular weight excluding hydrogens is 353 g/mol. The van der Waals surface area contributed by atoms with E-state index in [2.05, 4.69) is 19.9 Å². The second-order valence-corrected chi connectivity index (χ2v) is 5.98. The quantitative estimate of drug-likeness (QED) is 0.788. The average Bonchev–Trinajstić information content (AvgIpc) is 2.60. The molecule has 0 radical (unpaired) electrons. The molecule has 0 spiro atoms. The average molecular weight is 374 g/mol. The fourth-order valence-electron chi connectivity index (χ4n) is 2.59. The zero-order valence-electron chi connectivity index (χ0n) is 14.1. The predicted molar refractivity (Wildman–Crippen MR) is 86.1 cm³/mol. The van der Waals surface area contributed by atoms with Crippen LogP contribution in [0.5, 0.6) is 0 Å². The van der Waals surface area contributed by atoms with Crippen LogP contribution < -0.4 is 10.6 Å². The van der Waals surface area contributed by atoms with Crippen LogP contribution in [0.25, 0.3) is 0 Å². The first-order valence-electron chi connectivity index (χ1n) is 8.21. The van der Waals surface area contributed by atoms with Crippen molar-refractivity contribution in [3.8, 4) is 0 Å². The van der Waals surface area contributed by atoms with E-state index in [4.69, 9.17) is 0 Å². The molecule has 26 heavy (non-hydrogen) atoms. The number of alkyl halides is 3. The number of amides is 2. The topological polar surface area (TPSA) is 83.6 Å². The largest absolute Gasteiger partial charge is 0.440 e.